The average molecular weight is 588 g/mol. The Balaban J connectivity index is 2.18. The van der Waals surface area contributed by atoms with Gasteiger partial charge in [0.1, 0.15) is 23.9 Å². The van der Waals surface area contributed by atoms with Crippen LogP contribution in [0.4, 0.5) is 9.59 Å². The molecule has 0 radical (unpaired) electrons. The molecule has 0 aliphatic rings. The molecule has 1 N–H and O–H groups in total. The number of carbonyl (C=O) groups excluding carboxylic acids is 4. The van der Waals surface area contributed by atoms with Gasteiger partial charge in [0.25, 0.3) is 0 Å². The standard InChI is InChI=1S/C31H41NO10/c1-8-30(3,4)41-28(35)39-24-16-15-21(20-25(24)40-29(36)42-31(5,6)9-2)19-23(27(34)37-7)32-17-18-38-26(33)22-13-11-10-12-14-22/h10-16,20,23,32H,8-9,17-19H2,1-7H3/t23-/m0/s1. The van der Waals surface area contributed by atoms with Crippen molar-refractivity contribution in [1.29, 1.82) is 0 Å². The Morgan fingerprint density at radius 1 is 0.810 bits per heavy atom. The molecular formula is C31H41NO10. The van der Waals surface area contributed by atoms with Crippen LogP contribution in [0.3, 0.4) is 0 Å². The predicted octanol–water partition coefficient (Wildman–Crippen LogP) is 5.63. The lowest BCUT2D eigenvalue weighted by Crippen LogP contribution is -2.41. The third-order valence-electron chi connectivity index (χ3n) is 6.48. The van der Waals surface area contributed by atoms with Crippen LogP contribution >= 0.6 is 0 Å². The summed E-state index contributed by atoms with van der Waals surface area (Å²) in [7, 11) is 1.26. The third-order valence-corrected chi connectivity index (χ3v) is 6.48. The Hall–Kier alpha value is -4.12. The predicted molar refractivity (Wildman–Crippen MR) is 154 cm³/mol. The Labute approximate surface area is 246 Å². The van der Waals surface area contributed by atoms with Crippen LogP contribution in [0.5, 0.6) is 11.5 Å². The van der Waals surface area contributed by atoms with Crippen LogP contribution in [-0.4, -0.2) is 61.8 Å². The van der Waals surface area contributed by atoms with Crippen LogP contribution in [0, 0.1) is 0 Å². The topological polar surface area (TPSA) is 136 Å². The minimum atomic E-state index is -0.992. The number of benzene rings is 2. The molecule has 0 fully saturated rings. The zero-order chi connectivity index (χ0) is 31.3. The number of carbonyl (C=O) groups is 4. The van der Waals surface area contributed by atoms with Gasteiger partial charge in [0.15, 0.2) is 11.5 Å². The normalized spacial score (nSPS) is 12.1. The van der Waals surface area contributed by atoms with Crippen LogP contribution in [-0.2, 0) is 30.2 Å². The first kappa shape index (κ1) is 34.1. The summed E-state index contributed by atoms with van der Waals surface area (Å²) in [5, 5.41) is 3.01. The van der Waals surface area contributed by atoms with Crippen molar-refractivity contribution in [3.05, 3.63) is 59.7 Å². The van der Waals surface area contributed by atoms with Crippen molar-refractivity contribution >= 4 is 24.2 Å². The van der Waals surface area contributed by atoms with E-state index in [1.807, 2.05) is 13.8 Å². The minimum absolute atomic E-state index is 0.0115. The van der Waals surface area contributed by atoms with E-state index >= 15 is 0 Å². The maximum absolute atomic E-state index is 12.6. The summed E-state index contributed by atoms with van der Waals surface area (Å²) in [6.45, 7) is 10.8. The number of hydrogen-bond donors (Lipinski definition) is 1. The smallest absolute Gasteiger partial charge is 0.468 e. The van der Waals surface area contributed by atoms with E-state index in [0.717, 1.165) is 0 Å². The van der Waals surface area contributed by atoms with Crippen LogP contribution in [0.1, 0.15) is 70.3 Å². The molecule has 11 nitrogen and oxygen atoms in total. The van der Waals surface area contributed by atoms with Gasteiger partial charge >= 0.3 is 24.2 Å². The number of esters is 2. The summed E-state index contributed by atoms with van der Waals surface area (Å²) in [5.74, 6) is -1.21. The molecule has 0 heterocycles. The van der Waals surface area contributed by atoms with Gasteiger partial charge in [-0.3, -0.25) is 4.79 Å². The van der Waals surface area contributed by atoms with Crippen LogP contribution in [0.15, 0.2) is 48.5 Å². The van der Waals surface area contributed by atoms with E-state index in [9.17, 15) is 19.2 Å². The molecule has 0 spiro atoms. The molecule has 11 heteroatoms. The molecule has 2 aromatic rings. The maximum Gasteiger partial charge on any atom is 0.514 e. The summed E-state index contributed by atoms with van der Waals surface area (Å²) in [6, 6.07) is 12.2. The molecular weight excluding hydrogens is 546 g/mol. The summed E-state index contributed by atoms with van der Waals surface area (Å²) in [4.78, 5) is 49.7. The molecule has 0 saturated carbocycles. The van der Waals surface area contributed by atoms with Gasteiger partial charge in [-0.05, 0) is 76.8 Å². The summed E-state index contributed by atoms with van der Waals surface area (Å²) in [5.41, 5.74) is -0.591. The summed E-state index contributed by atoms with van der Waals surface area (Å²) in [6.07, 6.45) is -0.763. The Morgan fingerprint density at radius 3 is 1.93 bits per heavy atom. The lowest BCUT2D eigenvalue weighted by atomic mass is 10.1. The van der Waals surface area contributed by atoms with Crippen molar-refractivity contribution in [3.63, 3.8) is 0 Å². The number of nitrogens with one attached hydrogen (secondary N) is 1. The third kappa shape index (κ3) is 11.4. The lowest BCUT2D eigenvalue weighted by Gasteiger charge is -2.24. The van der Waals surface area contributed by atoms with E-state index < -0.39 is 41.5 Å². The van der Waals surface area contributed by atoms with Crippen molar-refractivity contribution in [3.8, 4) is 11.5 Å². The Kier molecular flexibility index (Phi) is 12.8. The second kappa shape index (κ2) is 15.8. The van der Waals surface area contributed by atoms with Gasteiger partial charge in [-0.2, -0.15) is 0 Å². The first-order valence-electron chi connectivity index (χ1n) is 13.8. The van der Waals surface area contributed by atoms with Gasteiger partial charge in [-0.1, -0.05) is 38.1 Å². The van der Waals surface area contributed by atoms with Gasteiger partial charge < -0.3 is 33.7 Å². The fourth-order valence-corrected chi connectivity index (χ4v) is 3.31. The number of hydrogen-bond acceptors (Lipinski definition) is 11. The average Bonchev–Trinajstić information content (AvgIpc) is 2.95. The van der Waals surface area contributed by atoms with Crippen LogP contribution < -0.4 is 14.8 Å². The lowest BCUT2D eigenvalue weighted by molar-refractivity contribution is -0.143. The largest absolute Gasteiger partial charge is 0.514 e. The fourth-order valence-electron chi connectivity index (χ4n) is 3.31. The molecule has 1 atom stereocenters. The van der Waals surface area contributed by atoms with Crippen LogP contribution in [0.25, 0.3) is 0 Å². The molecule has 0 aromatic heterocycles. The second-order valence-electron chi connectivity index (χ2n) is 10.7. The van der Waals surface area contributed by atoms with Gasteiger partial charge in [-0.25, -0.2) is 14.4 Å². The highest BCUT2D eigenvalue weighted by molar-refractivity contribution is 5.89. The van der Waals surface area contributed by atoms with Crippen molar-refractivity contribution < 1.29 is 47.6 Å². The quantitative estimate of drug-likeness (QED) is 0.128. The molecule has 2 aromatic carbocycles. The number of rotatable bonds is 14. The molecule has 0 amide bonds. The highest BCUT2D eigenvalue weighted by Gasteiger charge is 2.27. The SMILES string of the molecule is CCC(C)(C)OC(=O)Oc1ccc(C[C@H](NCCOC(=O)c2ccccc2)C(=O)OC)cc1OC(=O)OC(C)(C)CC. The molecule has 0 saturated heterocycles. The highest BCUT2D eigenvalue weighted by Crippen LogP contribution is 2.31. The Morgan fingerprint density at radius 2 is 1.38 bits per heavy atom. The minimum Gasteiger partial charge on any atom is -0.468 e. The summed E-state index contributed by atoms with van der Waals surface area (Å²) < 4.78 is 31.7. The second-order valence-corrected chi connectivity index (χ2v) is 10.7. The van der Waals surface area contributed by atoms with Crippen molar-refractivity contribution in [2.45, 2.75) is 78.0 Å². The highest BCUT2D eigenvalue weighted by atomic mass is 16.8. The zero-order valence-electron chi connectivity index (χ0n) is 25.3. The van der Waals surface area contributed by atoms with Crippen molar-refractivity contribution in [1.82, 2.24) is 5.32 Å². The molecule has 0 bridgehead atoms. The first-order valence-corrected chi connectivity index (χ1v) is 13.8. The zero-order valence-corrected chi connectivity index (χ0v) is 25.3. The van der Waals surface area contributed by atoms with Gasteiger partial charge in [-0.15, -0.1) is 0 Å². The number of ether oxygens (including phenoxy) is 6. The van der Waals surface area contributed by atoms with E-state index in [1.54, 1.807) is 64.1 Å². The van der Waals surface area contributed by atoms with E-state index in [4.69, 9.17) is 28.4 Å². The molecule has 0 aliphatic heterocycles. The Bertz CT molecular complexity index is 1210. The fraction of sp³-hybridized carbons (Fsp3) is 0.484. The van der Waals surface area contributed by atoms with E-state index in [-0.39, 0.29) is 31.1 Å². The van der Waals surface area contributed by atoms with Crippen molar-refractivity contribution in [2.24, 2.45) is 0 Å². The summed E-state index contributed by atoms with van der Waals surface area (Å²) >= 11 is 0. The van der Waals surface area contributed by atoms with Gasteiger partial charge in [0, 0.05) is 6.54 Å². The molecule has 0 unspecified atom stereocenters. The number of methoxy groups -OCH3 is 1. The molecule has 0 aliphatic carbocycles. The van der Waals surface area contributed by atoms with E-state index in [2.05, 4.69) is 5.32 Å². The molecule has 230 valence electrons. The van der Waals surface area contributed by atoms with E-state index in [1.165, 1.54) is 19.2 Å². The molecule has 2 rings (SSSR count). The monoisotopic (exact) mass is 587 g/mol. The van der Waals surface area contributed by atoms with Gasteiger partial charge in [0.05, 0.1) is 12.7 Å². The van der Waals surface area contributed by atoms with Crippen molar-refractivity contribution in [2.75, 3.05) is 20.3 Å². The maximum atomic E-state index is 12.6. The van der Waals surface area contributed by atoms with Gasteiger partial charge in [0.2, 0.25) is 0 Å². The molecule has 42 heavy (non-hydrogen) atoms. The van der Waals surface area contributed by atoms with E-state index in [0.29, 0.717) is 24.0 Å². The van der Waals surface area contributed by atoms with Crippen LogP contribution in [0.2, 0.25) is 0 Å². The first-order chi connectivity index (χ1) is 19.8.